The second-order valence-electron chi connectivity index (χ2n) is 4.10. The lowest BCUT2D eigenvalue weighted by Gasteiger charge is -2.27. The van der Waals surface area contributed by atoms with Crippen LogP contribution in [0.5, 0.6) is 0 Å². The van der Waals surface area contributed by atoms with Crippen LogP contribution in [0.25, 0.3) is 0 Å². The third kappa shape index (κ3) is 2.57. The molecule has 0 fully saturated rings. The zero-order valence-electron chi connectivity index (χ0n) is 10.3. The standard InChI is InChI=1S/C15H18NP/c1-3-16-17(2,14-10-6-4-7-11-14)15-12-8-5-9-13-15/h3-13,16H,1-2H3. The molecule has 2 rings (SSSR count). The molecule has 0 aliphatic carbocycles. The molecule has 2 heteroatoms. The van der Waals surface area contributed by atoms with Gasteiger partial charge in [0.1, 0.15) is 18.0 Å². The van der Waals surface area contributed by atoms with Crippen LogP contribution in [-0.2, 0) is 0 Å². The van der Waals surface area contributed by atoms with Crippen LogP contribution in [0.15, 0.2) is 60.7 Å². The summed E-state index contributed by atoms with van der Waals surface area (Å²) in [5.41, 5.74) is 0. The van der Waals surface area contributed by atoms with Crippen molar-refractivity contribution in [2.24, 2.45) is 0 Å². The van der Waals surface area contributed by atoms with Crippen LogP contribution < -0.4 is 15.7 Å². The Bertz CT molecular complexity index is 413. The molecule has 2 aromatic rings. The van der Waals surface area contributed by atoms with Gasteiger partial charge in [0.15, 0.2) is 0 Å². The molecule has 0 saturated heterocycles. The third-order valence-corrected chi connectivity index (χ3v) is 6.37. The van der Waals surface area contributed by atoms with E-state index < -0.39 is 7.41 Å². The van der Waals surface area contributed by atoms with Crippen molar-refractivity contribution in [3.63, 3.8) is 0 Å². The fourth-order valence-corrected chi connectivity index (χ4v) is 4.66. The fourth-order valence-electron chi connectivity index (χ4n) is 2.01. The predicted octanol–water partition coefficient (Wildman–Crippen LogP) is 2.97. The Balaban J connectivity index is 2.47. The van der Waals surface area contributed by atoms with E-state index in [2.05, 4.69) is 72.4 Å². The molecule has 0 atom stereocenters. The van der Waals surface area contributed by atoms with E-state index in [-0.39, 0.29) is 0 Å². The molecule has 0 aliphatic heterocycles. The van der Waals surface area contributed by atoms with Gasteiger partial charge in [0.25, 0.3) is 0 Å². The maximum Gasteiger partial charge on any atom is 0.114 e. The minimum atomic E-state index is -1.48. The van der Waals surface area contributed by atoms with E-state index in [9.17, 15) is 0 Å². The molecule has 0 amide bonds. The topological polar surface area (TPSA) is 12.0 Å². The van der Waals surface area contributed by atoms with Crippen molar-refractivity contribution in [2.45, 2.75) is 6.92 Å². The van der Waals surface area contributed by atoms with Crippen LogP contribution >= 0.6 is 7.41 Å². The summed E-state index contributed by atoms with van der Waals surface area (Å²) in [6.07, 6.45) is 0. The molecule has 0 saturated carbocycles. The van der Waals surface area contributed by atoms with Gasteiger partial charge in [0.2, 0.25) is 0 Å². The van der Waals surface area contributed by atoms with Crippen molar-refractivity contribution < 1.29 is 0 Å². The number of hydrogen-bond donors (Lipinski definition) is 1. The van der Waals surface area contributed by atoms with Crippen LogP contribution in [0.1, 0.15) is 6.92 Å². The summed E-state index contributed by atoms with van der Waals surface area (Å²) in [7, 11) is -1.48. The fraction of sp³-hybridized carbons (Fsp3) is 0.133. The largest absolute Gasteiger partial charge is 0.328 e. The first-order valence-electron chi connectivity index (χ1n) is 5.81. The summed E-state index contributed by atoms with van der Waals surface area (Å²) in [6, 6.07) is 21.4. The molecule has 0 unspecified atom stereocenters. The normalized spacial score (nSPS) is 11.4. The van der Waals surface area contributed by atoms with E-state index in [1.807, 2.05) is 13.5 Å². The second-order valence-corrected chi connectivity index (χ2v) is 7.40. The second kappa shape index (κ2) is 5.44. The van der Waals surface area contributed by atoms with E-state index in [0.29, 0.717) is 0 Å². The molecule has 0 spiro atoms. The van der Waals surface area contributed by atoms with Crippen LogP contribution in [0.2, 0.25) is 0 Å². The average molecular weight is 243 g/mol. The highest BCUT2D eigenvalue weighted by Gasteiger charge is 2.33. The highest BCUT2D eigenvalue weighted by atomic mass is 31.2. The van der Waals surface area contributed by atoms with Gasteiger partial charge in [-0.1, -0.05) is 36.4 Å². The summed E-state index contributed by atoms with van der Waals surface area (Å²) < 4.78 is 0. The van der Waals surface area contributed by atoms with Crippen molar-refractivity contribution in [3.8, 4) is 0 Å². The third-order valence-electron chi connectivity index (χ3n) is 2.93. The number of benzene rings is 2. The predicted molar refractivity (Wildman–Crippen MR) is 78.1 cm³/mol. The first-order valence-corrected chi connectivity index (χ1v) is 8.04. The minimum Gasteiger partial charge on any atom is -0.328 e. The molecule has 0 bridgehead atoms. The van der Waals surface area contributed by atoms with E-state index in [4.69, 9.17) is 0 Å². The van der Waals surface area contributed by atoms with Gasteiger partial charge in [0.05, 0.1) is 6.66 Å². The van der Waals surface area contributed by atoms with E-state index >= 15 is 0 Å². The maximum absolute atomic E-state index is 3.58. The molecule has 1 N–H and O–H groups in total. The van der Waals surface area contributed by atoms with Crippen molar-refractivity contribution in [1.29, 1.82) is 0 Å². The first-order chi connectivity index (χ1) is 8.27. The minimum absolute atomic E-state index is 1.38. The molecule has 1 nitrogen and oxygen atoms in total. The Morgan fingerprint density at radius 1 is 0.824 bits per heavy atom. The molecular formula is C15H18NP. The van der Waals surface area contributed by atoms with E-state index in [1.54, 1.807) is 0 Å². The Morgan fingerprint density at radius 2 is 1.24 bits per heavy atom. The van der Waals surface area contributed by atoms with Crippen molar-refractivity contribution >= 4 is 18.0 Å². The Hall–Kier alpha value is -1.17. The van der Waals surface area contributed by atoms with Crippen LogP contribution in [0, 0.1) is 6.54 Å². The maximum atomic E-state index is 3.58. The molecule has 0 aliphatic rings. The number of hydrogen-bond acceptors (Lipinski definition) is 1. The smallest absolute Gasteiger partial charge is 0.114 e. The Morgan fingerprint density at radius 3 is 1.59 bits per heavy atom. The van der Waals surface area contributed by atoms with Gasteiger partial charge in [-0.05, 0) is 24.3 Å². The molecule has 17 heavy (non-hydrogen) atoms. The molecular weight excluding hydrogens is 225 g/mol. The molecule has 88 valence electrons. The summed E-state index contributed by atoms with van der Waals surface area (Å²) >= 11 is 0. The Kier molecular flexibility index (Phi) is 3.93. The summed E-state index contributed by atoms with van der Waals surface area (Å²) in [4.78, 5) is 0. The van der Waals surface area contributed by atoms with Crippen LogP contribution in [0.3, 0.4) is 0 Å². The van der Waals surface area contributed by atoms with Crippen molar-refractivity contribution in [1.82, 2.24) is 5.09 Å². The zero-order valence-corrected chi connectivity index (χ0v) is 11.2. The van der Waals surface area contributed by atoms with Gasteiger partial charge < -0.3 is 5.09 Å². The monoisotopic (exact) mass is 243 g/mol. The van der Waals surface area contributed by atoms with Crippen molar-refractivity contribution in [2.75, 3.05) is 6.66 Å². The Labute approximate surface area is 104 Å². The van der Waals surface area contributed by atoms with Gasteiger partial charge >= 0.3 is 0 Å². The van der Waals surface area contributed by atoms with Crippen LogP contribution in [0.4, 0.5) is 0 Å². The summed E-state index contributed by atoms with van der Waals surface area (Å²) in [5, 5.41) is 6.34. The van der Waals surface area contributed by atoms with Crippen molar-refractivity contribution in [3.05, 3.63) is 67.2 Å². The highest BCUT2D eigenvalue weighted by molar-refractivity contribution is 7.87. The van der Waals surface area contributed by atoms with E-state index in [1.165, 1.54) is 10.6 Å². The summed E-state index contributed by atoms with van der Waals surface area (Å²) in [5.74, 6) is 0. The zero-order chi connectivity index (χ0) is 12.1. The molecule has 0 radical (unpaired) electrons. The number of rotatable bonds is 4. The quantitative estimate of drug-likeness (QED) is 0.643. The lowest BCUT2D eigenvalue weighted by molar-refractivity contribution is 1.17. The van der Waals surface area contributed by atoms with Gasteiger partial charge in [0, 0.05) is 0 Å². The highest BCUT2D eigenvalue weighted by Crippen LogP contribution is 2.48. The molecule has 0 aromatic heterocycles. The van der Waals surface area contributed by atoms with Gasteiger partial charge in [-0.15, -0.1) is 0 Å². The van der Waals surface area contributed by atoms with Gasteiger partial charge in [-0.25, -0.2) is 6.54 Å². The lowest BCUT2D eigenvalue weighted by atomic mass is 10.4. The van der Waals surface area contributed by atoms with Gasteiger partial charge in [-0.2, -0.15) is 6.92 Å². The SMILES string of the molecule is C[CH-]N[P+](C)(c1ccccc1)c1ccccc1. The molecule has 0 heterocycles. The van der Waals surface area contributed by atoms with Crippen LogP contribution in [-0.4, -0.2) is 6.66 Å². The lowest BCUT2D eigenvalue weighted by Crippen LogP contribution is -2.30. The first kappa shape index (κ1) is 12.3. The van der Waals surface area contributed by atoms with Gasteiger partial charge in [-0.3, -0.25) is 0 Å². The number of nitrogens with one attached hydrogen (secondary N) is 1. The summed E-state index contributed by atoms with van der Waals surface area (Å²) in [6.45, 7) is 6.41. The average Bonchev–Trinajstić information content (AvgIpc) is 2.41. The van der Waals surface area contributed by atoms with E-state index in [0.717, 1.165) is 0 Å². The molecule has 2 aromatic carbocycles.